The normalized spacial score (nSPS) is 13.2. The molecule has 0 amide bonds. The van der Waals surface area contributed by atoms with Crippen LogP contribution in [0.3, 0.4) is 0 Å². The number of fused-ring (bicyclic) bond motifs is 5. The van der Waals surface area contributed by atoms with Gasteiger partial charge in [0.15, 0.2) is 0 Å². The van der Waals surface area contributed by atoms with E-state index >= 15 is 0 Å². The molecule has 0 bridgehead atoms. The molecule has 1 aromatic heterocycles. The Morgan fingerprint density at radius 3 is 1.97 bits per heavy atom. The molecule has 0 saturated heterocycles. The zero-order valence-corrected chi connectivity index (χ0v) is 33.0. The summed E-state index contributed by atoms with van der Waals surface area (Å²) in [6.45, 7) is 4.69. The van der Waals surface area contributed by atoms with E-state index in [0.717, 1.165) is 44.2 Å². The van der Waals surface area contributed by atoms with E-state index in [-0.39, 0.29) is 5.41 Å². The van der Waals surface area contributed by atoms with Crippen LogP contribution in [0.1, 0.15) is 41.7 Å². The molecule has 0 fully saturated rings. The molecule has 0 spiro atoms. The predicted octanol–water partition coefficient (Wildman–Crippen LogP) is 14.2. The Kier molecular flexibility index (Phi) is 8.99. The van der Waals surface area contributed by atoms with Crippen LogP contribution in [0, 0.1) is 5.41 Å². The van der Waals surface area contributed by atoms with E-state index in [1.807, 2.05) is 61.0 Å². The summed E-state index contributed by atoms with van der Waals surface area (Å²) in [5, 5.41) is 13.8. The van der Waals surface area contributed by atoms with Gasteiger partial charge in [-0.2, -0.15) is 0 Å². The van der Waals surface area contributed by atoms with E-state index in [0.29, 0.717) is 11.4 Å². The Labute approximate surface area is 345 Å². The quantitative estimate of drug-likeness (QED) is 0.154. The van der Waals surface area contributed by atoms with E-state index < -0.39 is 0 Å². The average Bonchev–Trinajstić information content (AvgIpc) is 3.51. The maximum Gasteiger partial charge on any atom is 0.0723 e. The Morgan fingerprint density at radius 2 is 1.17 bits per heavy atom. The minimum Gasteiger partial charge on any atom is -0.300 e. The first kappa shape index (κ1) is 35.9. The second-order valence-electron chi connectivity index (χ2n) is 15.8. The molecule has 1 N–H and O–H groups in total. The Hall–Kier alpha value is -7.49. The number of hydrogen-bond donors (Lipinski definition) is 1. The molecular weight excluding hydrogens is 715 g/mol. The summed E-state index contributed by atoms with van der Waals surface area (Å²) in [6, 6.07) is 64.4. The number of hydrogen-bond acceptors (Lipinski definition) is 3. The van der Waals surface area contributed by atoms with Crippen molar-refractivity contribution in [1.29, 1.82) is 5.41 Å². The van der Waals surface area contributed by atoms with Crippen LogP contribution in [0.25, 0.3) is 71.7 Å². The first-order chi connectivity index (χ1) is 28.9. The van der Waals surface area contributed by atoms with Crippen molar-refractivity contribution in [2.45, 2.75) is 19.3 Å². The van der Waals surface area contributed by atoms with Crippen molar-refractivity contribution in [3.05, 3.63) is 228 Å². The summed E-state index contributed by atoms with van der Waals surface area (Å²) in [5.74, 6) is 0. The summed E-state index contributed by atoms with van der Waals surface area (Å²) in [5.41, 5.74) is 16.1. The van der Waals surface area contributed by atoms with Gasteiger partial charge in [0.2, 0.25) is 0 Å². The van der Waals surface area contributed by atoms with Crippen LogP contribution in [0.2, 0.25) is 0 Å². The number of allylic oxidation sites excluding steroid dienone is 1. The molecule has 0 saturated carbocycles. The molecule has 0 aliphatic heterocycles. The highest BCUT2D eigenvalue weighted by Crippen LogP contribution is 2.51. The molecule has 9 aromatic rings. The Balaban J connectivity index is 0.983. The fourth-order valence-corrected chi connectivity index (χ4v) is 8.71. The third-order valence-corrected chi connectivity index (χ3v) is 11.9. The van der Waals surface area contributed by atoms with E-state index in [9.17, 15) is 0 Å². The molecule has 0 atom stereocenters. The Bertz CT molecular complexity index is 3120. The van der Waals surface area contributed by atoms with Crippen LogP contribution in [0.4, 0.5) is 0 Å². The lowest BCUT2D eigenvalue weighted by molar-refractivity contribution is 0.661. The van der Waals surface area contributed by atoms with Gasteiger partial charge in [0, 0.05) is 40.7 Å². The molecule has 1 aliphatic rings. The van der Waals surface area contributed by atoms with Crippen molar-refractivity contribution in [2.24, 2.45) is 4.99 Å². The standard InChI is InChI=1S/C56H41N3/c1-56(2)52-28-26-43(32-50(52)51-31-41-14-6-7-15-42(41)33-53(51)56)37-21-23-38(24-22-37)48-27-25-46(47-19-8-9-20-49(47)48)36-59-55(34-54(57)39-12-4-3-5-13-39)44-17-10-16-40(30-44)45-18-11-29-58-35-45/h3-36,57H,1-2H3/b55-34-,57-54?,59-36?. The van der Waals surface area contributed by atoms with Crippen molar-refractivity contribution in [2.75, 3.05) is 0 Å². The summed E-state index contributed by atoms with van der Waals surface area (Å²) in [6.07, 6.45) is 7.44. The molecule has 8 aromatic carbocycles. The highest BCUT2D eigenvalue weighted by atomic mass is 14.7. The second-order valence-corrected chi connectivity index (χ2v) is 15.8. The summed E-state index contributed by atoms with van der Waals surface area (Å²) in [7, 11) is 0. The van der Waals surface area contributed by atoms with Gasteiger partial charge < -0.3 is 5.41 Å². The van der Waals surface area contributed by atoms with Gasteiger partial charge in [-0.05, 0) is 114 Å². The van der Waals surface area contributed by atoms with Crippen molar-refractivity contribution in [3.63, 3.8) is 0 Å². The lowest BCUT2D eigenvalue weighted by atomic mass is 9.81. The number of nitrogens with zero attached hydrogens (tertiary/aromatic N) is 2. The van der Waals surface area contributed by atoms with Crippen molar-refractivity contribution >= 4 is 39.2 Å². The molecular formula is C56H41N3. The number of nitrogens with one attached hydrogen (secondary N) is 1. The van der Waals surface area contributed by atoms with Crippen LogP contribution < -0.4 is 0 Å². The van der Waals surface area contributed by atoms with E-state index in [4.69, 9.17) is 10.4 Å². The number of benzene rings is 8. The van der Waals surface area contributed by atoms with E-state index in [1.54, 1.807) is 6.20 Å². The van der Waals surface area contributed by atoms with Gasteiger partial charge in [-0.3, -0.25) is 9.98 Å². The molecule has 3 heteroatoms. The van der Waals surface area contributed by atoms with Gasteiger partial charge in [0.1, 0.15) is 0 Å². The predicted molar refractivity (Wildman–Crippen MR) is 248 cm³/mol. The average molecular weight is 756 g/mol. The number of rotatable bonds is 8. The fraction of sp³-hybridized carbons (Fsp3) is 0.0536. The van der Waals surface area contributed by atoms with Gasteiger partial charge >= 0.3 is 0 Å². The maximum absolute atomic E-state index is 8.98. The zero-order chi connectivity index (χ0) is 39.9. The molecule has 59 heavy (non-hydrogen) atoms. The van der Waals surface area contributed by atoms with E-state index in [2.05, 4.69) is 158 Å². The highest BCUT2D eigenvalue weighted by Gasteiger charge is 2.35. The van der Waals surface area contributed by atoms with Gasteiger partial charge in [-0.1, -0.05) is 166 Å². The monoisotopic (exact) mass is 755 g/mol. The lowest BCUT2D eigenvalue weighted by Gasteiger charge is -2.22. The topological polar surface area (TPSA) is 49.1 Å². The maximum atomic E-state index is 8.98. The second kappa shape index (κ2) is 14.8. The fourth-order valence-electron chi connectivity index (χ4n) is 8.71. The van der Waals surface area contributed by atoms with Gasteiger partial charge in [0.25, 0.3) is 0 Å². The molecule has 280 valence electrons. The summed E-state index contributed by atoms with van der Waals surface area (Å²) >= 11 is 0. The summed E-state index contributed by atoms with van der Waals surface area (Å²) < 4.78 is 0. The van der Waals surface area contributed by atoms with E-state index in [1.165, 1.54) is 49.7 Å². The SMILES string of the molecule is CC1(C)c2ccc(-c3ccc(-c4ccc(C=N/C(=C\C(=N)c5ccccc5)c5cccc(-c6cccnc6)c5)c5ccccc45)cc3)cc2-c2cc3ccccc3cc21. The third kappa shape index (κ3) is 6.67. The van der Waals surface area contributed by atoms with Gasteiger partial charge in [-0.15, -0.1) is 0 Å². The molecule has 0 unspecified atom stereocenters. The van der Waals surface area contributed by atoms with Crippen LogP contribution in [0.5, 0.6) is 0 Å². The van der Waals surface area contributed by atoms with Gasteiger partial charge in [-0.25, -0.2) is 0 Å². The third-order valence-electron chi connectivity index (χ3n) is 11.9. The highest BCUT2D eigenvalue weighted by molar-refractivity contribution is 6.12. The van der Waals surface area contributed by atoms with Gasteiger partial charge in [0.05, 0.1) is 11.4 Å². The van der Waals surface area contributed by atoms with Crippen LogP contribution in [-0.2, 0) is 5.41 Å². The molecule has 1 aliphatic carbocycles. The van der Waals surface area contributed by atoms with Crippen LogP contribution >= 0.6 is 0 Å². The van der Waals surface area contributed by atoms with Crippen molar-refractivity contribution < 1.29 is 0 Å². The number of pyridine rings is 1. The van der Waals surface area contributed by atoms with Crippen LogP contribution in [-0.4, -0.2) is 16.9 Å². The lowest BCUT2D eigenvalue weighted by Crippen LogP contribution is -2.14. The molecule has 1 heterocycles. The van der Waals surface area contributed by atoms with Crippen molar-refractivity contribution in [3.8, 4) is 44.5 Å². The van der Waals surface area contributed by atoms with Crippen LogP contribution in [0.15, 0.2) is 205 Å². The minimum absolute atomic E-state index is 0.0522. The van der Waals surface area contributed by atoms with Crippen molar-refractivity contribution in [1.82, 2.24) is 4.98 Å². The summed E-state index contributed by atoms with van der Waals surface area (Å²) in [4.78, 5) is 9.43. The number of aliphatic imine (C=N–C) groups is 1. The zero-order valence-electron chi connectivity index (χ0n) is 33.0. The first-order valence-electron chi connectivity index (χ1n) is 20.1. The minimum atomic E-state index is -0.0522. The number of aromatic nitrogens is 1. The molecule has 10 rings (SSSR count). The smallest absolute Gasteiger partial charge is 0.0723 e. The molecule has 0 radical (unpaired) electrons. The Morgan fingerprint density at radius 1 is 0.508 bits per heavy atom. The molecule has 3 nitrogen and oxygen atoms in total. The largest absolute Gasteiger partial charge is 0.300 e. The first-order valence-corrected chi connectivity index (χ1v) is 20.1.